The van der Waals surface area contributed by atoms with E-state index in [1.54, 1.807) is 20.8 Å². The molecule has 0 aromatic rings. The maximum atomic E-state index is 11.5. The molecule has 0 radical (unpaired) electrons. The highest BCUT2D eigenvalue weighted by Crippen LogP contribution is 2.11. The molecule has 0 aliphatic heterocycles. The Kier molecular flexibility index (Phi) is 7.00. The first-order valence-corrected chi connectivity index (χ1v) is 5.89. The van der Waals surface area contributed by atoms with E-state index in [2.05, 4.69) is 15.4 Å². The summed E-state index contributed by atoms with van der Waals surface area (Å²) in [6.07, 6.45) is 0.788. The lowest BCUT2D eigenvalue weighted by Gasteiger charge is -2.17. The van der Waals surface area contributed by atoms with Crippen LogP contribution in [0.15, 0.2) is 0 Å². The monoisotopic (exact) mass is 258 g/mol. The van der Waals surface area contributed by atoms with Crippen molar-refractivity contribution in [3.8, 4) is 0 Å². The van der Waals surface area contributed by atoms with E-state index < -0.39 is 5.41 Å². The lowest BCUT2D eigenvalue weighted by atomic mass is 9.96. The van der Waals surface area contributed by atoms with Crippen LogP contribution < -0.4 is 10.6 Å². The Morgan fingerprint density at radius 3 is 2.22 bits per heavy atom. The van der Waals surface area contributed by atoms with Crippen LogP contribution in [0, 0.1) is 5.41 Å². The Morgan fingerprint density at radius 1 is 1.11 bits per heavy atom. The Hall–Kier alpha value is -1.59. The van der Waals surface area contributed by atoms with Crippen LogP contribution in [0.4, 0.5) is 0 Å². The Bertz CT molecular complexity index is 308. The number of hydrogen-bond donors (Lipinski definition) is 2. The van der Waals surface area contributed by atoms with Crippen LogP contribution >= 0.6 is 0 Å². The summed E-state index contributed by atoms with van der Waals surface area (Å²) in [5, 5.41) is 5.15. The number of esters is 1. The van der Waals surface area contributed by atoms with E-state index in [9.17, 15) is 14.4 Å². The molecule has 2 N–H and O–H groups in total. The predicted octanol–water partition coefficient (Wildman–Crippen LogP) is 0.218. The summed E-state index contributed by atoms with van der Waals surface area (Å²) >= 11 is 0. The summed E-state index contributed by atoms with van der Waals surface area (Å²) in [6.45, 7) is 5.66. The van der Waals surface area contributed by atoms with Gasteiger partial charge in [0.25, 0.3) is 0 Å². The summed E-state index contributed by atoms with van der Waals surface area (Å²) in [7, 11) is 1.32. The van der Waals surface area contributed by atoms with Crippen molar-refractivity contribution >= 4 is 17.8 Å². The van der Waals surface area contributed by atoms with Gasteiger partial charge in [-0.1, -0.05) is 20.8 Å². The molecule has 104 valence electrons. The summed E-state index contributed by atoms with van der Waals surface area (Å²) in [5.74, 6) is -0.741. The number of methoxy groups -OCH3 is 1. The first-order chi connectivity index (χ1) is 8.27. The maximum Gasteiger partial charge on any atom is 0.305 e. The Balaban J connectivity index is 3.67. The molecule has 0 unspecified atom stereocenters. The van der Waals surface area contributed by atoms with Crippen LogP contribution in [0.2, 0.25) is 0 Å². The van der Waals surface area contributed by atoms with E-state index in [1.807, 2.05) is 0 Å². The summed E-state index contributed by atoms with van der Waals surface area (Å²) in [5.41, 5.74) is -0.509. The molecule has 0 heterocycles. The van der Waals surface area contributed by atoms with Gasteiger partial charge in [-0.05, 0) is 6.42 Å². The van der Waals surface area contributed by atoms with E-state index in [-0.39, 0.29) is 30.7 Å². The van der Waals surface area contributed by atoms with Crippen LogP contribution in [0.5, 0.6) is 0 Å². The minimum atomic E-state index is -0.509. The molecule has 0 aromatic heterocycles. The van der Waals surface area contributed by atoms with Crippen LogP contribution in [-0.4, -0.2) is 38.0 Å². The number of hydrogen-bond acceptors (Lipinski definition) is 4. The van der Waals surface area contributed by atoms with Gasteiger partial charge >= 0.3 is 5.97 Å². The lowest BCUT2D eigenvalue weighted by molar-refractivity contribution is -0.140. The lowest BCUT2D eigenvalue weighted by Crippen LogP contribution is -2.41. The molecular formula is C12H22N2O4. The average Bonchev–Trinajstić information content (AvgIpc) is 2.29. The van der Waals surface area contributed by atoms with Crippen LogP contribution in [0.1, 0.15) is 33.6 Å². The molecule has 2 amide bonds. The molecule has 0 spiro atoms. The van der Waals surface area contributed by atoms with Crippen molar-refractivity contribution in [3.63, 3.8) is 0 Å². The molecule has 0 aromatic carbocycles. The number of rotatable bonds is 6. The SMILES string of the molecule is COC(=O)CCCNC(=O)CNC(=O)C(C)(C)C. The zero-order chi connectivity index (χ0) is 14.2. The minimum Gasteiger partial charge on any atom is -0.469 e. The van der Waals surface area contributed by atoms with Crippen molar-refractivity contribution in [2.24, 2.45) is 5.41 Å². The van der Waals surface area contributed by atoms with Crippen molar-refractivity contribution in [1.29, 1.82) is 0 Å². The smallest absolute Gasteiger partial charge is 0.305 e. The van der Waals surface area contributed by atoms with Crippen LogP contribution in [-0.2, 0) is 19.1 Å². The molecule has 0 saturated heterocycles. The molecule has 18 heavy (non-hydrogen) atoms. The molecule has 0 saturated carbocycles. The molecule has 0 fully saturated rings. The van der Waals surface area contributed by atoms with Gasteiger partial charge in [0.1, 0.15) is 0 Å². The number of ether oxygens (including phenoxy) is 1. The fourth-order valence-electron chi connectivity index (χ4n) is 1.05. The molecule has 6 heteroatoms. The van der Waals surface area contributed by atoms with E-state index in [0.717, 1.165) is 0 Å². The number of amides is 2. The fraction of sp³-hybridized carbons (Fsp3) is 0.750. The fourth-order valence-corrected chi connectivity index (χ4v) is 1.05. The zero-order valence-electron chi connectivity index (χ0n) is 11.5. The van der Waals surface area contributed by atoms with Gasteiger partial charge in [-0.3, -0.25) is 14.4 Å². The topological polar surface area (TPSA) is 84.5 Å². The summed E-state index contributed by atoms with van der Waals surface area (Å²) in [6, 6.07) is 0. The number of carbonyl (C=O) groups excluding carboxylic acids is 3. The second-order valence-corrected chi connectivity index (χ2v) is 4.96. The summed E-state index contributed by atoms with van der Waals surface area (Å²) < 4.78 is 4.47. The Morgan fingerprint density at radius 2 is 1.72 bits per heavy atom. The zero-order valence-corrected chi connectivity index (χ0v) is 11.5. The highest BCUT2D eigenvalue weighted by Gasteiger charge is 2.21. The van der Waals surface area contributed by atoms with Crippen molar-refractivity contribution in [2.45, 2.75) is 33.6 Å². The largest absolute Gasteiger partial charge is 0.469 e. The molecule has 0 bridgehead atoms. The highest BCUT2D eigenvalue weighted by molar-refractivity contribution is 5.87. The average molecular weight is 258 g/mol. The third-order valence-corrected chi connectivity index (χ3v) is 2.20. The standard InChI is InChI=1S/C12H22N2O4/c1-12(2,3)11(17)14-8-9(15)13-7-5-6-10(16)18-4/h5-8H2,1-4H3,(H,13,15)(H,14,17). The number of carbonyl (C=O) groups is 3. The quantitative estimate of drug-likeness (QED) is 0.527. The number of nitrogens with one attached hydrogen (secondary N) is 2. The third-order valence-electron chi connectivity index (χ3n) is 2.20. The van der Waals surface area contributed by atoms with Gasteiger partial charge in [0, 0.05) is 18.4 Å². The molecule has 0 aliphatic carbocycles. The van der Waals surface area contributed by atoms with Gasteiger partial charge < -0.3 is 15.4 Å². The molecule has 6 nitrogen and oxygen atoms in total. The second-order valence-electron chi connectivity index (χ2n) is 4.96. The van der Waals surface area contributed by atoms with Gasteiger partial charge in [0.05, 0.1) is 13.7 Å². The first kappa shape index (κ1) is 16.4. The van der Waals surface area contributed by atoms with Gasteiger partial charge in [-0.25, -0.2) is 0 Å². The second kappa shape index (κ2) is 7.68. The first-order valence-electron chi connectivity index (χ1n) is 5.89. The molecule has 0 aliphatic rings. The molecule has 0 rings (SSSR count). The van der Waals surface area contributed by atoms with Crippen molar-refractivity contribution in [2.75, 3.05) is 20.2 Å². The van der Waals surface area contributed by atoms with E-state index in [0.29, 0.717) is 13.0 Å². The van der Waals surface area contributed by atoms with Gasteiger partial charge in [0.15, 0.2) is 0 Å². The molecular weight excluding hydrogens is 236 g/mol. The van der Waals surface area contributed by atoms with Gasteiger partial charge in [-0.15, -0.1) is 0 Å². The molecule has 0 atom stereocenters. The predicted molar refractivity (Wildman–Crippen MR) is 66.7 cm³/mol. The van der Waals surface area contributed by atoms with Gasteiger partial charge in [0.2, 0.25) is 11.8 Å². The highest BCUT2D eigenvalue weighted by atomic mass is 16.5. The summed E-state index contributed by atoms with van der Waals surface area (Å²) in [4.78, 5) is 33.6. The van der Waals surface area contributed by atoms with Crippen molar-refractivity contribution < 1.29 is 19.1 Å². The van der Waals surface area contributed by atoms with E-state index in [1.165, 1.54) is 7.11 Å². The van der Waals surface area contributed by atoms with E-state index in [4.69, 9.17) is 0 Å². The van der Waals surface area contributed by atoms with Crippen molar-refractivity contribution in [3.05, 3.63) is 0 Å². The minimum absolute atomic E-state index is 0.0473. The third kappa shape index (κ3) is 7.65. The van der Waals surface area contributed by atoms with Gasteiger partial charge in [-0.2, -0.15) is 0 Å². The van der Waals surface area contributed by atoms with E-state index >= 15 is 0 Å². The van der Waals surface area contributed by atoms with Crippen LogP contribution in [0.25, 0.3) is 0 Å². The Labute approximate surface area is 107 Å². The maximum absolute atomic E-state index is 11.5. The normalized spacial score (nSPS) is 10.7. The van der Waals surface area contributed by atoms with Crippen molar-refractivity contribution in [1.82, 2.24) is 10.6 Å². The van der Waals surface area contributed by atoms with Crippen LogP contribution in [0.3, 0.4) is 0 Å².